The molecule has 78 valence electrons. The first-order valence-corrected chi connectivity index (χ1v) is 10.7. The summed E-state index contributed by atoms with van der Waals surface area (Å²) >= 11 is 3.22. The van der Waals surface area contributed by atoms with Crippen LogP contribution in [0.5, 0.6) is 0 Å². The van der Waals surface area contributed by atoms with E-state index in [0.29, 0.717) is 13.1 Å². The molecule has 0 aromatic heterocycles. The third kappa shape index (κ3) is 1.59. The molecule has 0 radical (unpaired) electrons. The van der Waals surface area contributed by atoms with Gasteiger partial charge in [0, 0.05) is 0 Å². The molecule has 0 fully saturated rings. The standard InChI is InChI=1S/C14H10Se2/c15-16-14-12-7-3-1-5-10(12)9-11-6-2-4-8-13(11)14/h1-9,15H. The summed E-state index contributed by atoms with van der Waals surface area (Å²) in [6, 6.07) is 19.6. The Morgan fingerprint density at radius 1 is 0.750 bits per heavy atom. The minimum atomic E-state index is 0.466. The molecule has 3 rings (SSSR count). The van der Waals surface area contributed by atoms with E-state index >= 15 is 0 Å². The average molecular weight is 336 g/mol. The van der Waals surface area contributed by atoms with Gasteiger partial charge in [-0.3, -0.25) is 0 Å². The molecule has 16 heavy (non-hydrogen) atoms. The van der Waals surface area contributed by atoms with Crippen molar-refractivity contribution in [1.29, 1.82) is 0 Å². The van der Waals surface area contributed by atoms with E-state index in [1.54, 1.807) is 0 Å². The fraction of sp³-hybridized carbons (Fsp3) is 0. The monoisotopic (exact) mass is 338 g/mol. The summed E-state index contributed by atoms with van der Waals surface area (Å²) in [5.41, 5.74) is 0. The van der Waals surface area contributed by atoms with Crippen molar-refractivity contribution < 1.29 is 0 Å². The van der Waals surface area contributed by atoms with Gasteiger partial charge in [-0.25, -0.2) is 0 Å². The van der Waals surface area contributed by atoms with Crippen LogP contribution in [0.4, 0.5) is 0 Å². The number of fused-ring (bicyclic) bond motifs is 2. The zero-order valence-electron chi connectivity index (χ0n) is 8.55. The summed E-state index contributed by atoms with van der Waals surface area (Å²) in [5, 5.41) is 5.51. The topological polar surface area (TPSA) is 0 Å². The average Bonchev–Trinajstić information content (AvgIpc) is 2.36. The van der Waals surface area contributed by atoms with Crippen molar-refractivity contribution in [2.45, 2.75) is 0 Å². The van der Waals surface area contributed by atoms with Gasteiger partial charge in [0.2, 0.25) is 0 Å². The second-order valence-electron chi connectivity index (χ2n) is 3.74. The molecule has 0 saturated carbocycles. The summed E-state index contributed by atoms with van der Waals surface area (Å²) in [5.74, 6) is 0. The van der Waals surface area contributed by atoms with Crippen molar-refractivity contribution in [2.75, 3.05) is 0 Å². The normalized spacial score (nSPS) is 11.1. The third-order valence-corrected chi connectivity index (χ3v) is 6.11. The molecule has 0 aliphatic rings. The van der Waals surface area contributed by atoms with Crippen LogP contribution in [0.25, 0.3) is 21.5 Å². The molecule has 3 aromatic rings. The summed E-state index contributed by atoms with van der Waals surface area (Å²) in [4.78, 5) is 0. The van der Waals surface area contributed by atoms with Gasteiger partial charge in [-0.1, -0.05) is 0 Å². The van der Waals surface area contributed by atoms with Crippen LogP contribution < -0.4 is 4.46 Å². The van der Waals surface area contributed by atoms with Gasteiger partial charge < -0.3 is 0 Å². The van der Waals surface area contributed by atoms with Crippen LogP contribution in [0.3, 0.4) is 0 Å². The zero-order chi connectivity index (χ0) is 11.0. The predicted octanol–water partition coefficient (Wildman–Crippen LogP) is 2.14. The van der Waals surface area contributed by atoms with E-state index in [1.807, 2.05) is 0 Å². The molecular weight excluding hydrogens is 326 g/mol. The first-order chi connectivity index (χ1) is 7.90. The Morgan fingerprint density at radius 2 is 1.25 bits per heavy atom. The van der Waals surface area contributed by atoms with E-state index in [0.717, 1.165) is 0 Å². The Labute approximate surface area is 108 Å². The quantitative estimate of drug-likeness (QED) is 0.472. The molecule has 2 heteroatoms. The van der Waals surface area contributed by atoms with Gasteiger partial charge in [-0.15, -0.1) is 0 Å². The van der Waals surface area contributed by atoms with Crippen molar-refractivity contribution in [2.24, 2.45) is 0 Å². The number of hydrogen-bond acceptors (Lipinski definition) is 0. The second-order valence-corrected chi connectivity index (χ2v) is 6.97. The summed E-state index contributed by atoms with van der Waals surface area (Å²) < 4.78 is 1.50. The van der Waals surface area contributed by atoms with Crippen molar-refractivity contribution in [3.05, 3.63) is 54.6 Å². The third-order valence-electron chi connectivity index (χ3n) is 2.81. The van der Waals surface area contributed by atoms with Gasteiger partial charge >= 0.3 is 108 Å². The molecule has 0 bridgehead atoms. The van der Waals surface area contributed by atoms with Crippen LogP contribution in [-0.2, 0) is 0 Å². The first-order valence-electron chi connectivity index (χ1n) is 5.12. The molecule has 0 heterocycles. The van der Waals surface area contributed by atoms with Crippen LogP contribution in [0.2, 0.25) is 0 Å². The van der Waals surface area contributed by atoms with Gasteiger partial charge in [-0.05, 0) is 0 Å². The van der Waals surface area contributed by atoms with E-state index < -0.39 is 0 Å². The molecule has 0 spiro atoms. The van der Waals surface area contributed by atoms with Gasteiger partial charge in [0.1, 0.15) is 0 Å². The van der Waals surface area contributed by atoms with Crippen LogP contribution in [-0.4, -0.2) is 27.3 Å². The number of hydrogen-bond donors (Lipinski definition) is 0. The fourth-order valence-electron chi connectivity index (χ4n) is 2.07. The van der Waals surface area contributed by atoms with Gasteiger partial charge in [0.25, 0.3) is 0 Å². The molecule has 3 aromatic carbocycles. The summed E-state index contributed by atoms with van der Waals surface area (Å²) in [6.45, 7) is 0. The molecule has 0 aliphatic heterocycles. The number of benzene rings is 3. The van der Waals surface area contributed by atoms with Crippen LogP contribution in [0.1, 0.15) is 0 Å². The zero-order valence-corrected chi connectivity index (χ0v) is 12.1. The van der Waals surface area contributed by atoms with Crippen molar-refractivity contribution in [3.63, 3.8) is 0 Å². The summed E-state index contributed by atoms with van der Waals surface area (Å²) in [6.07, 6.45) is 0. The van der Waals surface area contributed by atoms with Crippen LogP contribution in [0, 0.1) is 0 Å². The SMILES string of the molecule is [SeH][Se]c1c2ccccc2cc2ccccc12. The van der Waals surface area contributed by atoms with Crippen molar-refractivity contribution >= 4 is 53.3 Å². The van der Waals surface area contributed by atoms with Crippen LogP contribution >= 0.6 is 0 Å². The maximum absolute atomic E-state index is 2.75. The Morgan fingerprint density at radius 3 is 1.75 bits per heavy atom. The van der Waals surface area contributed by atoms with Gasteiger partial charge in [0.05, 0.1) is 0 Å². The molecule has 0 amide bonds. The predicted molar refractivity (Wildman–Crippen MR) is 74.0 cm³/mol. The van der Waals surface area contributed by atoms with Gasteiger partial charge in [0.15, 0.2) is 0 Å². The first kappa shape index (κ1) is 10.4. The summed E-state index contributed by atoms with van der Waals surface area (Å²) in [7, 11) is 0. The Kier molecular flexibility index (Phi) is 2.75. The Balaban J connectivity index is 2.56. The Hall–Kier alpha value is -0.781. The molecule has 0 nitrogen and oxygen atoms in total. The van der Waals surface area contributed by atoms with Crippen molar-refractivity contribution in [3.8, 4) is 0 Å². The van der Waals surface area contributed by atoms with Crippen molar-refractivity contribution in [1.82, 2.24) is 0 Å². The number of rotatable bonds is 1. The van der Waals surface area contributed by atoms with E-state index in [2.05, 4.69) is 68.8 Å². The molecular formula is C14H10Se2. The molecule has 0 unspecified atom stereocenters. The molecule has 0 saturated heterocycles. The molecule has 0 aliphatic carbocycles. The van der Waals surface area contributed by atoms with E-state index in [1.165, 1.54) is 26.0 Å². The second kappa shape index (κ2) is 4.24. The van der Waals surface area contributed by atoms with E-state index in [-0.39, 0.29) is 0 Å². The van der Waals surface area contributed by atoms with Gasteiger partial charge in [-0.2, -0.15) is 0 Å². The van der Waals surface area contributed by atoms with E-state index in [9.17, 15) is 0 Å². The van der Waals surface area contributed by atoms with Crippen LogP contribution in [0.15, 0.2) is 54.6 Å². The maximum atomic E-state index is 2.75. The minimum absolute atomic E-state index is 0.466. The molecule has 0 atom stereocenters. The fourth-order valence-corrected chi connectivity index (χ4v) is 5.41. The Bertz CT molecular complexity index is 605. The molecule has 0 N–H and O–H groups in total. The van der Waals surface area contributed by atoms with E-state index in [4.69, 9.17) is 0 Å².